The molecule has 0 spiro atoms. The molecule has 0 saturated heterocycles. The van der Waals surface area contributed by atoms with E-state index in [9.17, 15) is 4.79 Å². The summed E-state index contributed by atoms with van der Waals surface area (Å²) in [7, 11) is 0. The van der Waals surface area contributed by atoms with E-state index in [1.165, 1.54) is 0 Å². The second-order valence-corrected chi connectivity index (χ2v) is 1.96. The van der Waals surface area contributed by atoms with Crippen molar-refractivity contribution >= 4 is 19.2 Å². The van der Waals surface area contributed by atoms with Crippen LogP contribution >= 0.6 is 12.9 Å². The van der Waals surface area contributed by atoms with E-state index >= 15 is 0 Å². The van der Waals surface area contributed by atoms with E-state index in [-0.39, 0.29) is 0 Å². The van der Waals surface area contributed by atoms with Crippen LogP contribution in [-0.4, -0.2) is 6.29 Å². The maximum absolute atomic E-state index is 10.1. The molecule has 0 saturated carbocycles. The number of hydrogen-bond donors (Lipinski definition) is 1. The first kappa shape index (κ1) is 7.15. The van der Waals surface area contributed by atoms with Crippen LogP contribution in [0.25, 0.3) is 0 Å². The molecular formula is C7H6O2S. The summed E-state index contributed by atoms with van der Waals surface area (Å²) in [5, 5.41) is 0. The number of carbonyl (C=O) groups excluding carboxylic acids is 1. The van der Waals surface area contributed by atoms with Crippen molar-refractivity contribution in [3.8, 4) is 5.75 Å². The Labute approximate surface area is 64.4 Å². The van der Waals surface area contributed by atoms with E-state index in [1.54, 1.807) is 24.3 Å². The molecule has 1 aromatic carbocycles. The second kappa shape index (κ2) is 3.27. The minimum absolute atomic E-state index is 0.633. The number of hydrogen-bond acceptors (Lipinski definition) is 3. The number of rotatable bonds is 2. The van der Waals surface area contributed by atoms with Crippen molar-refractivity contribution in [1.82, 2.24) is 0 Å². The zero-order chi connectivity index (χ0) is 7.40. The molecule has 1 rings (SSSR count). The maximum Gasteiger partial charge on any atom is 0.150 e. The van der Waals surface area contributed by atoms with Gasteiger partial charge in [0.05, 0.1) is 0 Å². The van der Waals surface area contributed by atoms with Gasteiger partial charge in [-0.1, -0.05) is 0 Å². The average molecular weight is 154 g/mol. The van der Waals surface area contributed by atoms with E-state index in [2.05, 4.69) is 17.1 Å². The molecule has 52 valence electrons. The van der Waals surface area contributed by atoms with Crippen molar-refractivity contribution in [3.63, 3.8) is 0 Å². The van der Waals surface area contributed by atoms with E-state index < -0.39 is 0 Å². The van der Waals surface area contributed by atoms with E-state index in [4.69, 9.17) is 0 Å². The van der Waals surface area contributed by atoms with Crippen molar-refractivity contribution in [2.45, 2.75) is 0 Å². The van der Waals surface area contributed by atoms with Gasteiger partial charge in [-0.05, 0) is 24.3 Å². The van der Waals surface area contributed by atoms with Gasteiger partial charge < -0.3 is 4.18 Å². The van der Waals surface area contributed by atoms with Crippen molar-refractivity contribution < 1.29 is 8.98 Å². The third-order valence-corrected chi connectivity index (χ3v) is 1.33. The Morgan fingerprint density at radius 3 is 2.30 bits per heavy atom. The molecule has 0 unspecified atom stereocenters. The summed E-state index contributed by atoms with van der Waals surface area (Å²) in [5.74, 6) is 0.633. The van der Waals surface area contributed by atoms with Crippen molar-refractivity contribution in [3.05, 3.63) is 29.8 Å². The SMILES string of the molecule is O=Cc1ccc(OS)cc1. The molecule has 0 fully saturated rings. The molecule has 0 heterocycles. The van der Waals surface area contributed by atoms with Gasteiger partial charge in [-0.2, -0.15) is 0 Å². The van der Waals surface area contributed by atoms with Gasteiger partial charge in [0, 0.05) is 18.5 Å². The first-order chi connectivity index (χ1) is 4.86. The monoisotopic (exact) mass is 154 g/mol. The fourth-order valence-corrected chi connectivity index (χ4v) is 0.729. The summed E-state index contributed by atoms with van der Waals surface area (Å²) in [6, 6.07) is 6.69. The molecule has 3 heteroatoms. The molecule has 0 aliphatic carbocycles. The van der Waals surface area contributed by atoms with Crippen LogP contribution in [0.2, 0.25) is 0 Å². The van der Waals surface area contributed by atoms with Gasteiger partial charge in [0.25, 0.3) is 0 Å². The van der Waals surface area contributed by atoms with Crippen LogP contribution in [0.3, 0.4) is 0 Å². The summed E-state index contributed by atoms with van der Waals surface area (Å²) in [6.45, 7) is 0. The third kappa shape index (κ3) is 1.51. The quantitative estimate of drug-likeness (QED) is 0.399. The van der Waals surface area contributed by atoms with Crippen LogP contribution in [-0.2, 0) is 0 Å². The van der Waals surface area contributed by atoms with Crippen LogP contribution in [0, 0.1) is 0 Å². The Balaban J connectivity index is 2.90. The lowest BCUT2D eigenvalue weighted by Gasteiger charge is -1.94. The van der Waals surface area contributed by atoms with E-state index in [0.29, 0.717) is 11.3 Å². The van der Waals surface area contributed by atoms with Crippen LogP contribution in [0.5, 0.6) is 5.75 Å². The molecule has 0 aliphatic heterocycles. The average Bonchev–Trinajstić information content (AvgIpc) is 2.05. The Morgan fingerprint density at radius 2 is 1.90 bits per heavy atom. The molecule has 0 atom stereocenters. The second-order valence-electron chi connectivity index (χ2n) is 1.78. The van der Waals surface area contributed by atoms with Crippen molar-refractivity contribution in [2.24, 2.45) is 0 Å². The van der Waals surface area contributed by atoms with E-state index in [0.717, 1.165) is 6.29 Å². The smallest absolute Gasteiger partial charge is 0.150 e. The number of benzene rings is 1. The lowest BCUT2D eigenvalue weighted by molar-refractivity contribution is 0.112. The highest BCUT2D eigenvalue weighted by atomic mass is 32.1. The van der Waals surface area contributed by atoms with Gasteiger partial charge in [0.15, 0.2) is 0 Å². The van der Waals surface area contributed by atoms with Gasteiger partial charge in [0.1, 0.15) is 12.0 Å². The summed E-state index contributed by atoms with van der Waals surface area (Å²) >= 11 is 3.59. The Bertz CT molecular complexity index is 218. The highest BCUT2D eigenvalue weighted by molar-refractivity contribution is 7.75. The lowest BCUT2D eigenvalue weighted by Crippen LogP contribution is -1.78. The third-order valence-electron chi connectivity index (χ3n) is 1.12. The molecule has 0 aliphatic rings. The standard InChI is InChI=1S/C7H6O2S/c8-5-6-1-3-7(9-10)4-2-6/h1-5,10H. The highest BCUT2D eigenvalue weighted by Crippen LogP contribution is 2.11. The molecule has 0 aromatic heterocycles. The van der Waals surface area contributed by atoms with Crippen LogP contribution in [0.4, 0.5) is 0 Å². The predicted octanol–water partition coefficient (Wildman–Crippen LogP) is 1.72. The Morgan fingerprint density at radius 1 is 1.30 bits per heavy atom. The molecule has 2 nitrogen and oxygen atoms in total. The predicted molar refractivity (Wildman–Crippen MR) is 41.4 cm³/mol. The molecule has 1 aromatic rings. The summed E-state index contributed by atoms with van der Waals surface area (Å²) < 4.78 is 4.59. The van der Waals surface area contributed by atoms with Gasteiger partial charge >= 0.3 is 0 Å². The fraction of sp³-hybridized carbons (Fsp3) is 0. The van der Waals surface area contributed by atoms with Crippen LogP contribution < -0.4 is 4.18 Å². The van der Waals surface area contributed by atoms with Gasteiger partial charge in [0.2, 0.25) is 0 Å². The van der Waals surface area contributed by atoms with Gasteiger partial charge in [-0.25, -0.2) is 0 Å². The van der Waals surface area contributed by atoms with Gasteiger partial charge in [-0.3, -0.25) is 4.79 Å². The summed E-state index contributed by atoms with van der Waals surface area (Å²) in [5.41, 5.74) is 0.633. The zero-order valence-corrected chi connectivity index (χ0v) is 6.04. The largest absolute Gasteiger partial charge is 0.429 e. The lowest BCUT2D eigenvalue weighted by atomic mass is 10.2. The zero-order valence-electron chi connectivity index (χ0n) is 5.15. The van der Waals surface area contributed by atoms with Gasteiger partial charge in [-0.15, -0.1) is 0 Å². The molecule has 0 N–H and O–H groups in total. The molecule has 0 amide bonds. The highest BCUT2D eigenvalue weighted by Gasteiger charge is 1.90. The number of carbonyl (C=O) groups is 1. The van der Waals surface area contributed by atoms with Crippen molar-refractivity contribution in [1.29, 1.82) is 0 Å². The van der Waals surface area contributed by atoms with E-state index in [1.807, 2.05) is 0 Å². The molecular weight excluding hydrogens is 148 g/mol. The van der Waals surface area contributed by atoms with Crippen molar-refractivity contribution in [2.75, 3.05) is 0 Å². The maximum atomic E-state index is 10.1. The summed E-state index contributed by atoms with van der Waals surface area (Å²) in [6.07, 6.45) is 0.780. The molecule has 0 radical (unpaired) electrons. The normalized spacial score (nSPS) is 8.90. The first-order valence-electron chi connectivity index (χ1n) is 2.73. The Hall–Kier alpha value is -0.960. The van der Waals surface area contributed by atoms with Crippen LogP contribution in [0.15, 0.2) is 24.3 Å². The number of aldehydes is 1. The fourth-order valence-electron chi connectivity index (χ4n) is 0.607. The molecule has 10 heavy (non-hydrogen) atoms. The first-order valence-corrected chi connectivity index (χ1v) is 3.10. The summed E-state index contributed by atoms with van der Waals surface area (Å²) in [4.78, 5) is 10.1. The minimum atomic E-state index is 0.633. The number of thiol groups is 1. The topological polar surface area (TPSA) is 26.3 Å². The minimum Gasteiger partial charge on any atom is -0.429 e. The Kier molecular flexibility index (Phi) is 2.34. The van der Waals surface area contributed by atoms with Crippen LogP contribution in [0.1, 0.15) is 10.4 Å². The molecule has 0 bridgehead atoms.